The van der Waals surface area contributed by atoms with E-state index in [0.29, 0.717) is 16.6 Å². The van der Waals surface area contributed by atoms with E-state index in [4.69, 9.17) is 16.0 Å². The number of nitro groups is 1. The molecule has 2 heterocycles. The van der Waals surface area contributed by atoms with Crippen molar-refractivity contribution in [2.24, 2.45) is 0 Å². The zero-order chi connectivity index (χ0) is 16.4. The highest BCUT2D eigenvalue weighted by molar-refractivity contribution is 7.14. The molecule has 0 saturated carbocycles. The Balaban J connectivity index is 1.82. The summed E-state index contributed by atoms with van der Waals surface area (Å²) in [6, 6.07) is 7.15. The van der Waals surface area contributed by atoms with Crippen molar-refractivity contribution in [3.8, 4) is 11.5 Å². The Kier molecular flexibility index (Phi) is 4.09. The van der Waals surface area contributed by atoms with Gasteiger partial charge in [-0.25, -0.2) is 4.98 Å². The molecule has 1 aromatic carbocycles. The Hall–Kier alpha value is -2.71. The molecular formula is C14H8ClN3O4S. The van der Waals surface area contributed by atoms with E-state index in [1.807, 2.05) is 0 Å². The van der Waals surface area contributed by atoms with Gasteiger partial charge < -0.3 is 4.42 Å². The first kappa shape index (κ1) is 15.2. The smallest absolute Gasteiger partial charge is 0.270 e. The average molecular weight is 350 g/mol. The highest BCUT2D eigenvalue weighted by Crippen LogP contribution is 2.27. The second-order valence-corrected chi connectivity index (χ2v) is 5.66. The molecule has 9 heteroatoms. The number of aromatic nitrogens is 1. The molecule has 0 radical (unpaired) electrons. The third-order valence-electron chi connectivity index (χ3n) is 2.90. The largest absolute Gasteiger partial charge is 0.463 e. The molecule has 0 spiro atoms. The van der Waals surface area contributed by atoms with Crippen molar-refractivity contribution in [1.82, 2.24) is 4.98 Å². The first-order valence-electron chi connectivity index (χ1n) is 6.29. The zero-order valence-corrected chi connectivity index (χ0v) is 12.9. The van der Waals surface area contributed by atoms with Gasteiger partial charge in [-0.1, -0.05) is 11.6 Å². The van der Waals surface area contributed by atoms with Gasteiger partial charge in [0, 0.05) is 17.5 Å². The highest BCUT2D eigenvalue weighted by Gasteiger charge is 2.17. The number of halogens is 1. The fourth-order valence-corrected chi connectivity index (χ4v) is 2.73. The molecular weight excluding hydrogens is 342 g/mol. The molecule has 0 aliphatic rings. The molecule has 116 valence electrons. The van der Waals surface area contributed by atoms with Gasteiger partial charge in [0.05, 0.1) is 21.8 Å². The molecule has 23 heavy (non-hydrogen) atoms. The lowest BCUT2D eigenvalue weighted by Crippen LogP contribution is -2.12. The van der Waals surface area contributed by atoms with Gasteiger partial charge >= 0.3 is 0 Å². The highest BCUT2D eigenvalue weighted by atomic mass is 35.5. The minimum absolute atomic E-state index is 0.00983. The van der Waals surface area contributed by atoms with Crippen LogP contribution in [0.1, 0.15) is 10.4 Å². The number of hydrogen-bond donors (Lipinski definition) is 1. The predicted octanol–water partition coefficient (Wildman–Crippen LogP) is 4.22. The molecule has 0 aliphatic carbocycles. The first-order valence-corrected chi connectivity index (χ1v) is 7.55. The first-order chi connectivity index (χ1) is 11.0. The maximum atomic E-state index is 12.2. The second-order valence-electron chi connectivity index (χ2n) is 4.39. The molecule has 1 amide bonds. The van der Waals surface area contributed by atoms with Crippen LogP contribution >= 0.6 is 22.9 Å². The molecule has 0 saturated heterocycles. The molecule has 0 unspecified atom stereocenters. The lowest BCUT2D eigenvalue weighted by atomic mass is 10.2. The molecule has 0 aliphatic heterocycles. The van der Waals surface area contributed by atoms with E-state index in [-0.39, 0.29) is 16.3 Å². The number of nitrogens with zero attached hydrogens (tertiary/aromatic N) is 2. The molecule has 7 nitrogen and oxygen atoms in total. The van der Waals surface area contributed by atoms with E-state index in [2.05, 4.69) is 10.3 Å². The minimum Gasteiger partial charge on any atom is -0.463 e. The molecule has 0 bridgehead atoms. The van der Waals surface area contributed by atoms with E-state index < -0.39 is 10.8 Å². The predicted molar refractivity (Wildman–Crippen MR) is 85.9 cm³/mol. The maximum absolute atomic E-state index is 12.2. The van der Waals surface area contributed by atoms with Crippen LogP contribution in [-0.4, -0.2) is 15.8 Å². The van der Waals surface area contributed by atoms with E-state index in [1.165, 1.54) is 29.7 Å². The van der Waals surface area contributed by atoms with Crippen LogP contribution in [0.4, 0.5) is 10.8 Å². The molecule has 1 N–H and O–H groups in total. The molecule has 3 aromatic rings. The summed E-state index contributed by atoms with van der Waals surface area (Å²) in [5.74, 6) is 0.00850. The lowest BCUT2D eigenvalue weighted by molar-refractivity contribution is -0.384. The summed E-state index contributed by atoms with van der Waals surface area (Å²) in [6.07, 6.45) is 1.52. The van der Waals surface area contributed by atoms with Crippen LogP contribution in [0.5, 0.6) is 0 Å². The van der Waals surface area contributed by atoms with Gasteiger partial charge in [-0.2, -0.15) is 0 Å². The Labute approximate surface area is 138 Å². The Bertz CT molecular complexity index is 876. The van der Waals surface area contributed by atoms with Crippen molar-refractivity contribution in [2.45, 2.75) is 0 Å². The van der Waals surface area contributed by atoms with Crippen molar-refractivity contribution in [2.75, 3.05) is 5.32 Å². The normalized spacial score (nSPS) is 10.5. The van der Waals surface area contributed by atoms with Crippen LogP contribution in [0.15, 0.2) is 46.4 Å². The summed E-state index contributed by atoms with van der Waals surface area (Å²) in [5, 5.41) is 15.5. The zero-order valence-electron chi connectivity index (χ0n) is 11.4. The third-order valence-corrected chi connectivity index (χ3v) is 3.99. The summed E-state index contributed by atoms with van der Waals surface area (Å²) < 4.78 is 5.22. The summed E-state index contributed by atoms with van der Waals surface area (Å²) in [7, 11) is 0. The van der Waals surface area contributed by atoms with Crippen LogP contribution in [0, 0.1) is 10.1 Å². The summed E-state index contributed by atoms with van der Waals surface area (Å²) in [4.78, 5) is 26.7. The number of hydrogen-bond acceptors (Lipinski definition) is 6. The fourth-order valence-electron chi connectivity index (χ4n) is 1.83. The number of anilines is 1. The summed E-state index contributed by atoms with van der Waals surface area (Å²) in [6.45, 7) is 0. The van der Waals surface area contributed by atoms with E-state index in [9.17, 15) is 14.9 Å². The van der Waals surface area contributed by atoms with Crippen molar-refractivity contribution in [3.63, 3.8) is 0 Å². The molecule has 3 rings (SSSR count). The monoisotopic (exact) mass is 349 g/mol. The standard InChI is InChI=1S/C14H8ClN3O4S/c15-10-4-3-8(18(20)21)6-9(10)13(19)17-14-16-11(7-23-14)12-2-1-5-22-12/h1-7H,(H,16,17,19). The topological polar surface area (TPSA) is 98.3 Å². The number of furan rings is 1. The molecule has 0 atom stereocenters. The number of nitro benzene ring substituents is 1. The second kappa shape index (κ2) is 6.19. The van der Waals surface area contributed by atoms with Crippen LogP contribution in [0.2, 0.25) is 5.02 Å². The van der Waals surface area contributed by atoms with Gasteiger partial charge in [0.1, 0.15) is 5.69 Å². The molecule has 2 aromatic heterocycles. The van der Waals surface area contributed by atoms with E-state index >= 15 is 0 Å². The van der Waals surface area contributed by atoms with Gasteiger partial charge in [-0.3, -0.25) is 20.2 Å². The van der Waals surface area contributed by atoms with Gasteiger partial charge in [-0.15, -0.1) is 11.3 Å². The van der Waals surface area contributed by atoms with Crippen LogP contribution < -0.4 is 5.32 Å². The van der Waals surface area contributed by atoms with Crippen molar-refractivity contribution in [3.05, 3.63) is 62.7 Å². The van der Waals surface area contributed by atoms with Crippen LogP contribution in [-0.2, 0) is 0 Å². The average Bonchev–Trinajstić information content (AvgIpc) is 3.18. The Morgan fingerprint density at radius 3 is 2.91 bits per heavy atom. The van der Waals surface area contributed by atoms with Gasteiger partial charge in [0.25, 0.3) is 11.6 Å². The Morgan fingerprint density at radius 1 is 1.39 bits per heavy atom. The maximum Gasteiger partial charge on any atom is 0.270 e. The van der Waals surface area contributed by atoms with Crippen molar-refractivity contribution >= 4 is 39.7 Å². The fraction of sp³-hybridized carbons (Fsp3) is 0. The number of benzene rings is 1. The summed E-state index contributed by atoms with van der Waals surface area (Å²) in [5.41, 5.74) is 0.381. The Morgan fingerprint density at radius 2 is 2.22 bits per heavy atom. The van der Waals surface area contributed by atoms with Gasteiger partial charge in [0.2, 0.25) is 0 Å². The van der Waals surface area contributed by atoms with Crippen molar-refractivity contribution < 1.29 is 14.1 Å². The van der Waals surface area contributed by atoms with Gasteiger partial charge in [0.15, 0.2) is 10.9 Å². The number of carbonyl (C=O) groups excluding carboxylic acids is 1. The minimum atomic E-state index is -0.592. The lowest BCUT2D eigenvalue weighted by Gasteiger charge is -2.03. The number of nitrogens with one attached hydrogen (secondary N) is 1. The van der Waals surface area contributed by atoms with Crippen molar-refractivity contribution in [1.29, 1.82) is 0 Å². The van der Waals surface area contributed by atoms with Gasteiger partial charge in [-0.05, 0) is 18.2 Å². The quantitative estimate of drug-likeness (QED) is 0.561. The van der Waals surface area contributed by atoms with E-state index in [0.717, 1.165) is 6.07 Å². The number of carbonyl (C=O) groups is 1. The SMILES string of the molecule is O=C(Nc1nc(-c2ccco2)cs1)c1cc([N+](=O)[O-])ccc1Cl. The number of non-ortho nitro benzene ring substituents is 1. The van der Waals surface area contributed by atoms with E-state index in [1.54, 1.807) is 17.5 Å². The summed E-state index contributed by atoms with van der Waals surface area (Å²) >= 11 is 7.14. The number of amides is 1. The number of rotatable bonds is 4. The van der Waals surface area contributed by atoms with Crippen LogP contribution in [0.3, 0.4) is 0 Å². The number of thiazole rings is 1. The molecule has 0 fully saturated rings. The third kappa shape index (κ3) is 3.22. The van der Waals surface area contributed by atoms with Crippen LogP contribution in [0.25, 0.3) is 11.5 Å².